The van der Waals surface area contributed by atoms with Gasteiger partial charge in [-0.2, -0.15) is 0 Å². The van der Waals surface area contributed by atoms with Gasteiger partial charge in [0.1, 0.15) is 0 Å². The van der Waals surface area contributed by atoms with E-state index in [9.17, 15) is 17.2 Å². The van der Waals surface area contributed by atoms with Gasteiger partial charge in [0.2, 0.25) is 14.2 Å². The summed E-state index contributed by atoms with van der Waals surface area (Å²) < 4.78 is 48.0. The van der Waals surface area contributed by atoms with E-state index < -0.39 is 21.5 Å². The Bertz CT molecular complexity index is 594. The molecule has 0 unspecified atom stereocenters. The molecule has 0 amide bonds. The van der Waals surface area contributed by atoms with Gasteiger partial charge in [-0.1, -0.05) is 0 Å². The minimum atomic E-state index is -3.43. The van der Waals surface area contributed by atoms with Crippen LogP contribution in [0.25, 0.3) is 10.2 Å². The Labute approximate surface area is 88.3 Å². The zero-order valence-electron chi connectivity index (χ0n) is 7.49. The fourth-order valence-electron chi connectivity index (χ4n) is 1.06. The van der Waals surface area contributed by atoms with E-state index in [1.54, 1.807) is 0 Å². The lowest BCUT2D eigenvalue weighted by atomic mass is 10.3. The van der Waals surface area contributed by atoms with Crippen LogP contribution in [0, 0.1) is 11.6 Å². The van der Waals surface area contributed by atoms with E-state index in [1.165, 1.54) is 0 Å². The first-order chi connectivity index (χ1) is 6.88. The molecule has 0 bridgehead atoms. The van der Waals surface area contributed by atoms with Gasteiger partial charge in [-0.25, -0.2) is 22.2 Å². The van der Waals surface area contributed by atoms with Gasteiger partial charge in [0.25, 0.3) is 0 Å². The quantitative estimate of drug-likeness (QED) is 0.776. The summed E-state index contributed by atoms with van der Waals surface area (Å²) in [6.45, 7) is 0. The van der Waals surface area contributed by atoms with E-state index >= 15 is 0 Å². The molecule has 1 aromatic heterocycles. The molecule has 0 radical (unpaired) electrons. The number of thiazole rings is 1. The summed E-state index contributed by atoms with van der Waals surface area (Å²) in [4.78, 5) is 3.71. The molecule has 0 N–H and O–H groups in total. The van der Waals surface area contributed by atoms with Crippen molar-refractivity contribution in [2.45, 2.75) is 4.34 Å². The molecule has 2 rings (SSSR count). The van der Waals surface area contributed by atoms with Gasteiger partial charge in [0, 0.05) is 12.3 Å². The van der Waals surface area contributed by atoms with Crippen LogP contribution in [-0.2, 0) is 9.84 Å². The molecule has 0 aliphatic heterocycles. The number of rotatable bonds is 1. The van der Waals surface area contributed by atoms with Gasteiger partial charge in [0.05, 0.1) is 10.2 Å². The summed E-state index contributed by atoms with van der Waals surface area (Å²) in [5, 5.41) is 0. The van der Waals surface area contributed by atoms with Gasteiger partial charge in [-0.05, 0) is 6.07 Å². The number of hydrogen-bond acceptors (Lipinski definition) is 4. The molecule has 15 heavy (non-hydrogen) atoms. The Balaban J connectivity index is 2.77. The maximum Gasteiger partial charge on any atom is 0.210 e. The Morgan fingerprint density at radius 2 is 1.87 bits per heavy atom. The van der Waals surface area contributed by atoms with Crippen molar-refractivity contribution in [3.63, 3.8) is 0 Å². The molecule has 0 aliphatic carbocycles. The standard InChI is InChI=1S/C8H5F2NO2S2/c1-15(12,13)8-11-6-2-4(9)5(10)3-7(6)14-8/h2-3H,1H3. The Morgan fingerprint density at radius 1 is 1.27 bits per heavy atom. The molecule has 80 valence electrons. The highest BCUT2D eigenvalue weighted by atomic mass is 32.2. The summed E-state index contributed by atoms with van der Waals surface area (Å²) in [6.07, 6.45) is 0.997. The van der Waals surface area contributed by atoms with Gasteiger partial charge in [-0.3, -0.25) is 0 Å². The maximum absolute atomic E-state index is 12.8. The normalized spacial score (nSPS) is 12.2. The van der Waals surface area contributed by atoms with E-state index in [0.717, 1.165) is 29.7 Å². The molecule has 0 spiro atoms. The van der Waals surface area contributed by atoms with Crippen LogP contribution in [0.2, 0.25) is 0 Å². The van der Waals surface area contributed by atoms with Crippen molar-refractivity contribution in [2.24, 2.45) is 0 Å². The monoisotopic (exact) mass is 249 g/mol. The highest BCUT2D eigenvalue weighted by Gasteiger charge is 2.15. The fourth-order valence-corrected chi connectivity index (χ4v) is 2.90. The Kier molecular flexibility index (Phi) is 2.23. The highest BCUT2D eigenvalue weighted by Crippen LogP contribution is 2.27. The lowest BCUT2D eigenvalue weighted by molar-refractivity contribution is 0.511. The third kappa shape index (κ3) is 1.84. The van der Waals surface area contributed by atoms with E-state index in [4.69, 9.17) is 0 Å². The molecule has 1 aromatic carbocycles. The second-order valence-electron chi connectivity index (χ2n) is 2.99. The SMILES string of the molecule is CS(=O)(=O)c1nc2cc(F)c(F)cc2s1. The molecule has 3 nitrogen and oxygen atoms in total. The smallest absolute Gasteiger partial charge is 0.210 e. The summed E-state index contributed by atoms with van der Waals surface area (Å²) in [7, 11) is -3.43. The van der Waals surface area contributed by atoms with Crippen LogP contribution < -0.4 is 0 Å². The largest absolute Gasteiger partial charge is 0.225 e. The molecule has 0 saturated heterocycles. The second-order valence-corrected chi connectivity index (χ2v) is 6.21. The van der Waals surface area contributed by atoms with Crippen molar-refractivity contribution >= 4 is 31.4 Å². The van der Waals surface area contributed by atoms with Crippen LogP contribution >= 0.6 is 11.3 Å². The maximum atomic E-state index is 12.8. The number of hydrogen-bond donors (Lipinski definition) is 0. The van der Waals surface area contributed by atoms with Crippen LogP contribution in [0.3, 0.4) is 0 Å². The average Bonchev–Trinajstić information content (AvgIpc) is 2.47. The minimum Gasteiger partial charge on any atom is -0.225 e. The summed E-state index contributed by atoms with van der Waals surface area (Å²) in [6, 6.07) is 1.83. The van der Waals surface area contributed by atoms with Crippen molar-refractivity contribution in [1.82, 2.24) is 4.98 Å². The van der Waals surface area contributed by atoms with Gasteiger partial charge < -0.3 is 0 Å². The average molecular weight is 249 g/mol. The van der Waals surface area contributed by atoms with Crippen molar-refractivity contribution in [3.05, 3.63) is 23.8 Å². The molecule has 7 heteroatoms. The predicted octanol–water partition coefficient (Wildman–Crippen LogP) is 1.98. The van der Waals surface area contributed by atoms with Crippen molar-refractivity contribution in [3.8, 4) is 0 Å². The van der Waals surface area contributed by atoms with Crippen molar-refractivity contribution in [1.29, 1.82) is 0 Å². The molecule has 0 saturated carbocycles. The number of benzene rings is 1. The highest BCUT2D eigenvalue weighted by molar-refractivity contribution is 7.92. The minimum absolute atomic E-state index is 0.137. The summed E-state index contributed by atoms with van der Waals surface area (Å²) in [5.41, 5.74) is 0.152. The fraction of sp³-hybridized carbons (Fsp3) is 0.125. The third-order valence-corrected chi connectivity index (χ3v) is 4.42. The first-order valence-corrected chi connectivity index (χ1v) is 6.54. The van der Waals surface area contributed by atoms with Gasteiger partial charge >= 0.3 is 0 Å². The Hall–Kier alpha value is -1.08. The number of sulfone groups is 1. The summed E-state index contributed by atoms with van der Waals surface area (Å²) >= 11 is 0.821. The topological polar surface area (TPSA) is 47.0 Å². The molecule has 0 atom stereocenters. The molecule has 0 fully saturated rings. The van der Waals surface area contributed by atoms with Crippen LogP contribution in [0.1, 0.15) is 0 Å². The zero-order chi connectivity index (χ0) is 11.2. The van der Waals surface area contributed by atoms with Gasteiger partial charge in [0.15, 0.2) is 11.6 Å². The van der Waals surface area contributed by atoms with Crippen molar-refractivity contribution in [2.75, 3.05) is 6.26 Å². The predicted molar refractivity (Wildman–Crippen MR) is 52.6 cm³/mol. The van der Waals surface area contributed by atoms with Gasteiger partial charge in [-0.15, -0.1) is 11.3 Å². The van der Waals surface area contributed by atoms with E-state index in [1.807, 2.05) is 0 Å². The molecule has 0 aliphatic rings. The second kappa shape index (κ2) is 3.21. The van der Waals surface area contributed by atoms with Crippen molar-refractivity contribution < 1.29 is 17.2 Å². The lowest BCUT2D eigenvalue weighted by Gasteiger charge is -1.90. The molecular formula is C8H5F2NO2S2. The van der Waals surface area contributed by atoms with E-state index in [0.29, 0.717) is 4.70 Å². The van der Waals surface area contributed by atoms with Crippen LogP contribution in [0.5, 0.6) is 0 Å². The van der Waals surface area contributed by atoms with E-state index in [2.05, 4.69) is 4.98 Å². The number of fused-ring (bicyclic) bond motifs is 1. The number of nitrogens with zero attached hydrogens (tertiary/aromatic N) is 1. The Morgan fingerprint density at radius 3 is 2.47 bits per heavy atom. The third-order valence-electron chi connectivity index (χ3n) is 1.73. The zero-order valence-corrected chi connectivity index (χ0v) is 9.12. The summed E-state index contributed by atoms with van der Waals surface area (Å²) in [5.74, 6) is -2.04. The van der Waals surface area contributed by atoms with Crippen LogP contribution in [0.4, 0.5) is 8.78 Å². The molecular weight excluding hydrogens is 244 g/mol. The lowest BCUT2D eigenvalue weighted by Crippen LogP contribution is -1.94. The number of halogens is 2. The first-order valence-electron chi connectivity index (χ1n) is 3.83. The van der Waals surface area contributed by atoms with Crippen LogP contribution in [0.15, 0.2) is 16.5 Å². The molecule has 1 heterocycles. The van der Waals surface area contributed by atoms with E-state index in [-0.39, 0.29) is 9.86 Å². The van der Waals surface area contributed by atoms with Crippen LogP contribution in [-0.4, -0.2) is 19.7 Å². The molecule has 2 aromatic rings. The number of aromatic nitrogens is 1. The first kappa shape index (κ1) is 10.4.